The fourth-order valence-electron chi connectivity index (χ4n) is 2.52. The van der Waals surface area contributed by atoms with Crippen LogP contribution in [0.2, 0.25) is 0 Å². The molecule has 3 N–H and O–H groups in total. The lowest BCUT2D eigenvalue weighted by Crippen LogP contribution is -2.30. The van der Waals surface area contributed by atoms with Crippen LogP contribution in [0, 0.1) is 0 Å². The van der Waals surface area contributed by atoms with Crippen LogP contribution in [0.15, 0.2) is 48.5 Å². The summed E-state index contributed by atoms with van der Waals surface area (Å²) >= 11 is 0. The van der Waals surface area contributed by atoms with E-state index in [1.807, 2.05) is 45.4 Å². The minimum Gasteiger partial charge on any atom is -0.508 e. The predicted molar refractivity (Wildman–Crippen MR) is 98.8 cm³/mol. The molecule has 2 aromatic carbocycles. The first-order chi connectivity index (χ1) is 11.5. The third kappa shape index (κ3) is 4.88. The number of phenols is 1. The van der Waals surface area contributed by atoms with Crippen LogP contribution in [0.3, 0.4) is 0 Å². The van der Waals surface area contributed by atoms with Gasteiger partial charge in [-0.2, -0.15) is 0 Å². The third-order valence-electron chi connectivity index (χ3n) is 4.02. The van der Waals surface area contributed by atoms with Crippen molar-refractivity contribution in [1.82, 2.24) is 4.90 Å². The average molecular weight is 329 g/mol. The summed E-state index contributed by atoms with van der Waals surface area (Å²) in [5, 5.41) is 9.43. The van der Waals surface area contributed by atoms with Crippen LogP contribution in [-0.4, -0.2) is 50.8 Å². The molecule has 5 nitrogen and oxygen atoms in total. The predicted octanol–water partition coefficient (Wildman–Crippen LogP) is 2.47. The lowest BCUT2D eigenvalue weighted by Gasteiger charge is -2.29. The average Bonchev–Trinajstić information content (AvgIpc) is 2.57. The highest BCUT2D eigenvalue weighted by atomic mass is 16.5. The number of likely N-dealkylation sites (N-methyl/N-ethyl adjacent to an activating group) is 2. The Hall–Kier alpha value is -2.24. The second kappa shape index (κ2) is 8.57. The molecule has 1 atom stereocenters. The van der Waals surface area contributed by atoms with Gasteiger partial charge in [-0.25, -0.2) is 0 Å². The summed E-state index contributed by atoms with van der Waals surface area (Å²) in [6.07, 6.45) is 0. The SMILES string of the molecule is CN(C)CCOc1ccc(C(CN)N(C)c2ccc(O)cc2)cc1. The molecule has 0 fully saturated rings. The topological polar surface area (TPSA) is 62.0 Å². The summed E-state index contributed by atoms with van der Waals surface area (Å²) in [6, 6.07) is 15.3. The molecule has 5 heteroatoms. The van der Waals surface area contributed by atoms with E-state index in [9.17, 15) is 5.11 Å². The molecule has 0 bridgehead atoms. The lowest BCUT2D eigenvalue weighted by molar-refractivity contribution is 0.261. The molecule has 0 aromatic heterocycles. The van der Waals surface area contributed by atoms with E-state index in [2.05, 4.69) is 21.9 Å². The number of nitrogens with zero attached hydrogens (tertiary/aromatic N) is 2. The van der Waals surface area contributed by atoms with Gasteiger partial charge in [0.1, 0.15) is 18.1 Å². The fraction of sp³-hybridized carbons (Fsp3) is 0.368. The van der Waals surface area contributed by atoms with E-state index in [-0.39, 0.29) is 11.8 Å². The second-order valence-corrected chi connectivity index (χ2v) is 6.10. The Kier molecular flexibility index (Phi) is 6.46. The van der Waals surface area contributed by atoms with Crippen molar-refractivity contribution in [2.45, 2.75) is 6.04 Å². The van der Waals surface area contributed by atoms with Gasteiger partial charge < -0.3 is 25.4 Å². The number of ether oxygens (including phenoxy) is 1. The van der Waals surface area contributed by atoms with Crippen molar-refractivity contribution in [3.63, 3.8) is 0 Å². The van der Waals surface area contributed by atoms with E-state index in [0.29, 0.717) is 13.2 Å². The highest BCUT2D eigenvalue weighted by molar-refractivity contribution is 5.50. The summed E-state index contributed by atoms with van der Waals surface area (Å²) < 4.78 is 5.73. The molecule has 0 radical (unpaired) electrons. The normalized spacial score (nSPS) is 12.2. The molecule has 0 saturated heterocycles. The Bertz CT molecular complexity index is 612. The molecule has 2 aromatic rings. The molecule has 0 aliphatic rings. The maximum absolute atomic E-state index is 9.43. The summed E-state index contributed by atoms with van der Waals surface area (Å²) in [7, 11) is 6.06. The van der Waals surface area contributed by atoms with Crippen LogP contribution in [0.5, 0.6) is 11.5 Å². The highest BCUT2D eigenvalue weighted by Gasteiger charge is 2.16. The van der Waals surface area contributed by atoms with E-state index in [1.54, 1.807) is 12.1 Å². The van der Waals surface area contributed by atoms with E-state index >= 15 is 0 Å². The molecule has 24 heavy (non-hydrogen) atoms. The molecule has 130 valence electrons. The Balaban J connectivity index is 2.05. The molecule has 1 unspecified atom stereocenters. The largest absolute Gasteiger partial charge is 0.508 e. The molecular formula is C19H27N3O2. The number of hydrogen-bond donors (Lipinski definition) is 2. The van der Waals surface area contributed by atoms with Crippen molar-refractivity contribution in [2.24, 2.45) is 5.73 Å². The Morgan fingerprint density at radius 3 is 2.17 bits per heavy atom. The van der Waals surface area contributed by atoms with Crippen molar-refractivity contribution in [1.29, 1.82) is 0 Å². The van der Waals surface area contributed by atoms with Gasteiger partial charge in [-0.15, -0.1) is 0 Å². The number of nitrogens with two attached hydrogens (primary N) is 1. The standard InChI is InChI=1S/C19H27N3O2/c1-21(2)12-13-24-18-10-4-15(5-11-18)19(14-20)22(3)16-6-8-17(23)9-7-16/h4-11,19,23H,12-14,20H2,1-3H3. The number of aromatic hydroxyl groups is 1. The molecule has 0 aliphatic heterocycles. The molecule has 0 aliphatic carbocycles. The van der Waals surface area contributed by atoms with Gasteiger partial charge in [0.25, 0.3) is 0 Å². The number of phenolic OH excluding ortho intramolecular Hbond substituents is 1. The van der Waals surface area contributed by atoms with E-state index < -0.39 is 0 Å². The first-order valence-corrected chi connectivity index (χ1v) is 8.10. The van der Waals surface area contributed by atoms with Crippen LogP contribution in [0.25, 0.3) is 0 Å². The van der Waals surface area contributed by atoms with Gasteiger partial charge in [-0.1, -0.05) is 12.1 Å². The zero-order chi connectivity index (χ0) is 17.5. The Labute approximate surface area is 144 Å². The Morgan fingerprint density at radius 1 is 1.00 bits per heavy atom. The monoisotopic (exact) mass is 329 g/mol. The van der Waals surface area contributed by atoms with Gasteiger partial charge in [0, 0.05) is 25.8 Å². The molecule has 0 amide bonds. The van der Waals surface area contributed by atoms with Crippen LogP contribution in [0.1, 0.15) is 11.6 Å². The van der Waals surface area contributed by atoms with Gasteiger partial charge in [0.05, 0.1) is 6.04 Å². The zero-order valence-electron chi connectivity index (χ0n) is 14.6. The van der Waals surface area contributed by atoms with Gasteiger partial charge >= 0.3 is 0 Å². The highest BCUT2D eigenvalue weighted by Crippen LogP contribution is 2.27. The van der Waals surface area contributed by atoms with Crippen LogP contribution in [-0.2, 0) is 0 Å². The second-order valence-electron chi connectivity index (χ2n) is 6.10. The first kappa shape index (κ1) is 18.1. The van der Waals surface area contributed by atoms with Crippen molar-refractivity contribution in [3.05, 3.63) is 54.1 Å². The fourth-order valence-corrected chi connectivity index (χ4v) is 2.52. The summed E-state index contributed by atoms with van der Waals surface area (Å²) in [5.74, 6) is 1.12. The minimum atomic E-state index is 0.0605. The van der Waals surface area contributed by atoms with Gasteiger partial charge in [-0.3, -0.25) is 0 Å². The van der Waals surface area contributed by atoms with Crippen LogP contribution in [0.4, 0.5) is 5.69 Å². The maximum Gasteiger partial charge on any atom is 0.119 e. The van der Waals surface area contributed by atoms with E-state index in [0.717, 1.165) is 23.5 Å². The molecule has 0 spiro atoms. The van der Waals surface area contributed by atoms with Crippen molar-refractivity contribution >= 4 is 5.69 Å². The molecular weight excluding hydrogens is 302 g/mol. The van der Waals surface area contributed by atoms with Gasteiger partial charge in [-0.05, 0) is 56.1 Å². The first-order valence-electron chi connectivity index (χ1n) is 8.10. The van der Waals surface area contributed by atoms with E-state index in [4.69, 9.17) is 10.5 Å². The van der Waals surface area contributed by atoms with Crippen molar-refractivity contribution < 1.29 is 9.84 Å². The lowest BCUT2D eigenvalue weighted by atomic mass is 10.0. The van der Waals surface area contributed by atoms with Crippen molar-refractivity contribution in [3.8, 4) is 11.5 Å². The number of anilines is 1. The Morgan fingerprint density at radius 2 is 1.62 bits per heavy atom. The van der Waals surface area contributed by atoms with Crippen LogP contribution < -0.4 is 15.4 Å². The molecule has 2 rings (SSSR count). The number of benzene rings is 2. The number of hydrogen-bond acceptors (Lipinski definition) is 5. The molecule has 0 saturated carbocycles. The van der Waals surface area contributed by atoms with Gasteiger partial charge in [0.2, 0.25) is 0 Å². The smallest absolute Gasteiger partial charge is 0.119 e. The van der Waals surface area contributed by atoms with Gasteiger partial charge in [0.15, 0.2) is 0 Å². The minimum absolute atomic E-state index is 0.0605. The third-order valence-corrected chi connectivity index (χ3v) is 4.02. The van der Waals surface area contributed by atoms with E-state index in [1.165, 1.54) is 0 Å². The van der Waals surface area contributed by atoms with Crippen LogP contribution >= 0.6 is 0 Å². The zero-order valence-corrected chi connectivity index (χ0v) is 14.6. The number of rotatable bonds is 8. The quantitative estimate of drug-likeness (QED) is 0.779. The molecule has 0 heterocycles. The summed E-state index contributed by atoms with van der Waals surface area (Å²) in [5.41, 5.74) is 8.14. The summed E-state index contributed by atoms with van der Waals surface area (Å²) in [6.45, 7) is 2.05. The summed E-state index contributed by atoms with van der Waals surface area (Å²) in [4.78, 5) is 4.20. The van der Waals surface area contributed by atoms with Crippen molar-refractivity contribution in [2.75, 3.05) is 45.7 Å². The maximum atomic E-state index is 9.43.